The molecule has 2 aromatic rings. The maximum absolute atomic E-state index is 12.9. The van der Waals surface area contributed by atoms with Gasteiger partial charge in [0.1, 0.15) is 0 Å². The van der Waals surface area contributed by atoms with Crippen molar-refractivity contribution in [3.63, 3.8) is 0 Å². The van der Waals surface area contributed by atoms with Crippen LogP contribution < -0.4 is 5.32 Å². The van der Waals surface area contributed by atoms with Crippen LogP contribution in [-0.2, 0) is 13.6 Å². The van der Waals surface area contributed by atoms with Crippen molar-refractivity contribution >= 4 is 5.69 Å². The molecule has 0 aliphatic rings. The standard InChI is InChI=1S/C11H10F3N3/c1-17-8(2-3-16-17)6-15-7-4-9(12)11(14)10(13)5-7/h2-5,15H,6H2,1H3. The van der Waals surface area contributed by atoms with E-state index in [9.17, 15) is 13.2 Å². The van der Waals surface area contributed by atoms with E-state index in [4.69, 9.17) is 0 Å². The maximum Gasteiger partial charge on any atom is 0.194 e. The first-order valence-corrected chi connectivity index (χ1v) is 4.93. The summed E-state index contributed by atoms with van der Waals surface area (Å²) in [6, 6.07) is 3.59. The highest BCUT2D eigenvalue weighted by Crippen LogP contribution is 2.17. The second-order valence-electron chi connectivity index (χ2n) is 3.55. The summed E-state index contributed by atoms with van der Waals surface area (Å²) in [5.74, 6) is -3.88. The summed E-state index contributed by atoms with van der Waals surface area (Å²) in [6.45, 7) is 0.348. The third-order valence-electron chi connectivity index (χ3n) is 2.38. The van der Waals surface area contributed by atoms with E-state index >= 15 is 0 Å². The van der Waals surface area contributed by atoms with E-state index in [1.165, 1.54) is 0 Å². The van der Waals surface area contributed by atoms with Crippen molar-refractivity contribution in [2.24, 2.45) is 7.05 Å². The number of hydrogen-bond acceptors (Lipinski definition) is 2. The normalized spacial score (nSPS) is 10.6. The number of benzene rings is 1. The van der Waals surface area contributed by atoms with Crippen LogP contribution in [0.3, 0.4) is 0 Å². The summed E-state index contributed by atoms with van der Waals surface area (Å²) in [6.07, 6.45) is 1.61. The molecule has 0 bridgehead atoms. The number of nitrogens with zero attached hydrogens (tertiary/aromatic N) is 2. The molecular weight excluding hydrogens is 231 g/mol. The fourth-order valence-electron chi connectivity index (χ4n) is 1.42. The van der Waals surface area contributed by atoms with Gasteiger partial charge in [0.05, 0.1) is 12.2 Å². The predicted octanol–water partition coefficient (Wildman–Crippen LogP) is 2.45. The Balaban J connectivity index is 2.12. The highest BCUT2D eigenvalue weighted by atomic mass is 19.2. The average molecular weight is 241 g/mol. The molecule has 0 amide bonds. The number of aromatic nitrogens is 2. The van der Waals surface area contributed by atoms with Crippen LogP contribution in [0.5, 0.6) is 0 Å². The van der Waals surface area contributed by atoms with Crippen molar-refractivity contribution < 1.29 is 13.2 Å². The molecule has 1 heterocycles. The Morgan fingerprint density at radius 2 is 1.88 bits per heavy atom. The van der Waals surface area contributed by atoms with Crippen LogP contribution in [-0.4, -0.2) is 9.78 Å². The first kappa shape index (κ1) is 11.5. The lowest BCUT2D eigenvalue weighted by Gasteiger charge is -2.07. The molecule has 0 spiro atoms. The van der Waals surface area contributed by atoms with Crippen molar-refractivity contribution in [1.82, 2.24) is 9.78 Å². The third-order valence-corrected chi connectivity index (χ3v) is 2.38. The molecular formula is C11H10F3N3. The summed E-state index contributed by atoms with van der Waals surface area (Å²) in [7, 11) is 1.75. The lowest BCUT2D eigenvalue weighted by atomic mass is 10.2. The Morgan fingerprint density at radius 3 is 2.41 bits per heavy atom. The number of nitrogens with one attached hydrogen (secondary N) is 1. The molecule has 2 rings (SSSR count). The SMILES string of the molecule is Cn1nccc1CNc1cc(F)c(F)c(F)c1. The molecule has 0 unspecified atom stereocenters. The van der Waals surface area contributed by atoms with Gasteiger partial charge in [-0.3, -0.25) is 4.68 Å². The predicted molar refractivity (Wildman–Crippen MR) is 56.9 cm³/mol. The van der Waals surface area contributed by atoms with Crippen LogP contribution in [0.15, 0.2) is 24.4 Å². The molecule has 0 fully saturated rings. The van der Waals surface area contributed by atoms with Gasteiger partial charge >= 0.3 is 0 Å². The van der Waals surface area contributed by atoms with Crippen LogP contribution in [0.4, 0.5) is 18.9 Å². The quantitative estimate of drug-likeness (QED) is 0.836. The zero-order chi connectivity index (χ0) is 12.4. The van der Waals surface area contributed by atoms with Crippen LogP contribution in [0.25, 0.3) is 0 Å². The van der Waals surface area contributed by atoms with Crippen molar-refractivity contribution in [1.29, 1.82) is 0 Å². The largest absolute Gasteiger partial charge is 0.379 e. The minimum Gasteiger partial charge on any atom is -0.379 e. The molecule has 0 aliphatic heterocycles. The van der Waals surface area contributed by atoms with Crippen molar-refractivity contribution in [2.45, 2.75) is 6.54 Å². The summed E-state index contributed by atoms with van der Waals surface area (Å²) in [5.41, 5.74) is 1.03. The minimum atomic E-state index is -1.46. The van der Waals surface area contributed by atoms with Gasteiger partial charge in [-0.05, 0) is 6.07 Å². The van der Waals surface area contributed by atoms with Crippen LogP contribution in [0.1, 0.15) is 5.69 Å². The van der Waals surface area contributed by atoms with Gasteiger partial charge < -0.3 is 5.32 Å². The van der Waals surface area contributed by atoms with Gasteiger partial charge in [-0.2, -0.15) is 5.10 Å². The van der Waals surface area contributed by atoms with Gasteiger partial charge in [0.15, 0.2) is 17.5 Å². The fraction of sp³-hybridized carbons (Fsp3) is 0.182. The summed E-state index contributed by atoms with van der Waals surface area (Å²) >= 11 is 0. The van der Waals surface area contributed by atoms with E-state index < -0.39 is 17.5 Å². The molecule has 0 aliphatic carbocycles. The highest BCUT2D eigenvalue weighted by Gasteiger charge is 2.10. The Bertz CT molecular complexity index is 514. The van der Waals surface area contributed by atoms with Crippen LogP contribution >= 0.6 is 0 Å². The Labute approximate surface area is 95.9 Å². The number of aryl methyl sites for hydroxylation is 1. The Morgan fingerprint density at radius 1 is 1.24 bits per heavy atom. The molecule has 6 heteroatoms. The zero-order valence-corrected chi connectivity index (χ0v) is 9.04. The molecule has 1 aromatic carbocycles. The monoisotopic (exact) mass is 241 g/mol. The lowest BCUT2D eigenvalue weighted by molar-refractivity contribution is 0.447. The topological polar surface area (TPSA) is 29.9 Å². The number of rotatable bonds is 3. The summed E-state index contributed by atoms with van der Waals surface area (Å²) in [4.78, 5) is 0. The molecule has 1 aromatic heterocycles. The first-order valence-electron chi connectivity index (χ1n) is 4.93. The molecule has 3 nitrogen and oxygen atoms in total. The molecule has 0 radical (unpaired) electrons. The van der Waals surface area contributed by atoms with Crippen molar-refractivity contribution in [3.8, 4) is 0 Å². The molecule has 0 saturated carbocycles. The lowest BCUT2D eigenvalue weighted by Crippen LogP contribution is -2.06. The van der Waals surface area contributed by atoms with E-state index in [0.29, 0.717) is 6.54 Å². The number of hydrogen-bond donors (Lipinski definition) is 1. The average Bonchev–Trinajstić information content (AvgIpc) is 2.69. The van der Waals surface area contributed by atoms with E-state index in [0.717, 1.165) is 17.8 Å². The van der Waals surface area contributed by atoms with Gasteiger partial charge in [0.2, 0.25) is 0 Å². The van der Waals surface area contributed by atoms with E-state index in [-0.39, 0.29) is 5.69 Å². The van der Waals surface area contributed by atoms with Gasteiger partial charge in [-0.15, -0.1) is 0 Å². The zero-order valence-electron chi connectivity index (χ0n) is 9.04. The molecule has 90 valence electrons. The van der Waals surface area contributed by atoms with Crippen LogP contribution in [0.2, 0.25) is 0 Å². The van der Waals surface area contributed by atoms with Gasteiger partial charge in [-0.1, -0.05) is 0 Å². The fourth-order valence-corrected chi connectivity index (χ4v) is 1.42. The first-order chi connectivity index (χ1) is 8.08. The molecule has 17 heavy (non-hydrogen) atoms. The van der Waals surface area contributed by atoms with Crippen LogP contribution in [0, 0.1) is 17.5 Å². The second-order valence-corrected chi connectivity index (χ2v) is 3.55. The second kappa shape index (κ2) is 4.48. The molecule has 0 saturated heterocycles. The van der Waals surface area contributed by atoms with Gasteiger partial charge in [0.25, 0.3) is 0 Å². The third kappa shape index (κ3) is 2.41. The maximum atomic E-state index is 12.9. The summed E-state index contributed by atoms with van der Waals surface area (Å²) < 4.78 is 40.1. The molecule has 1 N–H and O–H groups in total. The number of halogens is 3. The van der Waals surface area contributed by atoms with Crippen molar-refractivity contribution in [2.75, 3.05) is 5.32 Å². The smallest absolute Gasteiger partial charge is 0.194 e. The van der Waals surface area contributed by atoms with E-state index in [2.05, 4.69) is 10.4 Å². The van der Waals surface area contributed by atoms with Gasteiger partial charge in [-0.25, -0.2) is 13.2 Å². The number of anilines is 1. The van der Waals surface area contributed by atoms with Crippen molar-refractivity contribution in [3.05, 3.63) is 47.5 Å². The van der Waals surface area contributed by atoms with Gasteiger partial charge in [0, 0.05) is 31.1 Å². The highest BCUT2D eigenvalue weighted by molar-refractivity contribution is 5.44. The minimum absolute atomic E-state index is 0.183. The van der Waals surface area contributed by atoms with E-state index in [1.807, 2.05) is 0 Å². The summed E-state index contributed by atoms with van der Waals surface area (Å²) in [5, 5.41) is 6.74. The Hall–Kier alpha value is -1.98. The van der Waals surface area contributed by atoms with E-state index in [1.54, 1.807) is 24.0 Å². The Kier molecular flexibility index (Phi) is 3.03. The molecule has 0 atom stereocenters.